The highest BCUT2D eigenvalue weighted by molar-refractivity contribution is 9.10. The van der Waals surface area contributed by atoms with Gasteiger partial charge < -0.3 is 0 Å². The van der Waals surface area contributed by atoms with Crippen molar-refractivity contribution in [3.05, 3.63) is 53.0 Å². The molecule has 0 saturated carbocycles. The van der Waals surface area contributed by atoms with Gasteiger partial charge in [-0.3, -0.25) is 4.72 Å². The number of anilines is 1. The fraction of sp³-hybridized carbons (Fsp3) is 0.250. The third-order valence-electron chi connectivity index (χ3n) is 4.19. The molecule has 0 aromatic heterocycles. The van der Waals surface area contributed by atoms with Crippen LogP contribution in [0.3, 0.4) is 0 Å². The van der Waals surface area contributed by atoms with E-state index < -0.39 is 40.7 Å². The van der Waals surface area contributed by atoms with Crippen LogP contribution in [0.15, 0.2) is 62.8 Å². The van der Waals surface area contributed by atoms with Gasteiger partial charge in [-0.1, -0.05) is 18.2 Å². The Kier molecular flexibility index (Phi) is 5.41. The van der Waals surface area contributed by atoms with Crippen molar-refractivity contribution in [3.8, 4) is 0 Å². The van der Waals surface area contributed by atoms with Gasteiger partial charge >= 0.3 is 0 Å². The highest BCUT2D eigenvalue weighted by atomic mass is 79.9. The van der Waals surface area contributed by atoms with Crippen molar-refractivity contribution in [2.75, 3.05) is 16.2 Å². The van der Waals surface area contributed by atoms with Crippen LogP contribution in [-0.2, 0) is 29.7 Å². The van der Waals surface area contributed by atoms with Crippen LogP contribution in [0.2, 0.25) is 0 Å². The van der Waals surface area contributed by atoms with Crippen molar-refractivity contribution in [1.29, 1.82) is 0 Å². The summed E-state index contributed by atoms with van der Waals surface area (Å²) in [5.41, 5.74) is 0.313. The summed E-state index contributed by atoms with van der Waals surface area (Å²) in [5.74, 6) is -0.625. The first-order chi connectivity index (χ1) is 12.5. The maximum Gasteiger partial charge on any atom is 0.261 e. The SMILES string of the molecule is O=S1(=O)CC[C@H](S(=O)(=O)c2cccc(S(=O)(=O)Nc3ccccc3Br)c2)C1. The first-order valence-electron chi connectivity index (χ1n) is 7.83. The van der Waals surface area contributed by atoms with E-state index in [-0.39, 0.29) is 22.0 Å². The molecule has 0 bridgehead atoms. The highest BCUT2D eigenvalue weighted by Gasteiger charge is 2.38. The van der Waals surface area contributed by atoms with Gasteiger partial charge in [-0.25, -0.2) is 25.3 Å². The molecule has 27 heavy (non-hydrogen) atoms. The number of benzene rings is 2. The molecule has 1 heterocycles. The molecule has 1 aliphatic rings. The lowest BCUT2D eigenvalue weighted by Crippen LogP contribution is -2.23. The molecule has 11 heteroatoms. The Balaban J connectivity index is 1.95. The summed E-state index contributed by atoms with van der Waals surface area (Å²) >= 11 is 3.24. The average molecular weight is 494 g/mol. The molecule has 1 atom stereocenters. The summed E-state index contributed by atoms with van der Waals surface area (Å²) in [7, 11) is -11.4. The molecule has 0 unspecified atom stereocenters. The largest absolute Gasteiger partial charge is 0.278 e. The predicted octanol–water partition coefficient (Wildman–Crippen LogP) is 2.21. The number of sulfone groups is 2. The number of halogens is 1. The van der Waals surface area contributed by atoms with Gasteiger partial charge in [0.05, 0.1) is 32.2 Å². The Morgan fingerprint density at radius 3 is 2.26 bits per heavy atom. The van der Waals surface area contributed by atoms with Crippen LogP contribution in [0.25, 0.3) is 0 Å². The van der Waals surface area contributed by atoms with Gasteiger partial charge in [0, 0.05) is 4.47 Å². The van der Waals surface area contributed by atoms with E-state index in [2.05, 4.69) is 20.7 Å². The summed E-state index contributed by atoms with van der Waals surface area (Å²) < 4.78 is 76.9. The molecule has 0 spiro atoms. The monoisotopic (exact) mass is 493 g/mol. The van der Waals surface area contributed by atoms with Crippen molar-refractivity contribution in [2.45, 2.75) is 21.5 Å². The van der Waals surface area contributed by atoms with Crippen LogP contribution in [0.1, 0.15) is 6.42 Å². The third-order valence-corrected chi connectivity index (χ3v) is 10.4. The second kappa shape index (κ2) is 7.19. The summed E-state index contributed by atoms with van der Waals surface area (Å²) in [5, 5.41) is -1.06. The minimum absolute atomic E-state index is 0.0108. The number of nitrogens with one attached hydrogen (secondary N) is 1. The fourth-order valence-electron chi connectivity index (χ4n) is 2.76. The van der Waals surface area contributed by atoms with Gasteiger partial charge in [0.2, 0.25) is 0 Å². The maximum atomic E-state index is 12.7. The van der Waals surface area contributed by atoms with Gasteiger partial charge in [0.15, 0.2) is 19.7 Å². The second-order valence-electron chi connectivity index (χ2n) is 6.13. The van der Waals surface area contributed by atoms with Crippen LogP contribution in [0, 0.1) is 0 Å². The van der Waals surface area contributed by atoms with Gasteiger partial charge in [0.25, 0.3) is 10.0 Å². The van der Waals surface area contributed by atoms with Crippen molar-refractivity contribution in [2.24, 2.45) is 0 Å². The maximum absolute atomic E-state index is 12.7. The van der Waals surface area contributed by atoms with E-state index >= 15 is 0 Å². The average Bonchev–Trinajstić information content (AvgIpc) is 2.98. The minimum Gasteiger partial charge on any atom is -0.278 e. The molecule has 0 amide bonds. The van der Waals surface area contributed by atoms with E-state index in [0.717, 1.165) is 6.07 Å². The highest BCUT2D eigenvalue weighted by Crippen LogP contribution is 2.28. The van der Waals surface area contributed by atoms with E-state index in [1.165, 1.54) is 18.2 Å². The number of hydrogen-bond acceptors (Lipinski definition) is 6. The zero-order chi connectivity index (χ0) is 19.9. The van der Waals surface area contributed by atoms with Crippen molar-refractivity contribution < 1.29 is 25.3 Å². The van der Waals surface area contributed by atoms with Crippen molar-refractivity contribution in [1.82, 2.24) is 0 Å². The van der Waals surface area contributed by atoms with Gasteiger partial charge in [-0.05, 0) is 52.7 Å². The number of rotatable bonds is 5. The van der Waals surface area contributed by atoms with Crippen LogP contribution in [-0.4, -0.2) is 42.0 Å². The molecule has 146 valence electrons. The number of para-hydroxylation sites is 1. The summed E-state index contributed by atoms with van der Waals surface area (Å²) in [6.07, 6.45) is 0.0108. The molecule has 2 aromatic carbocycles. The fourth-order valence-corrected chi connectivity index (χ4v) is 8.88. The van der Waals surface area contributed by atoms with E-state index in [1.807, 2.05) is 0 Å². The summed E-state index contributed by atoms with van der Waals surface area (Å²) in [4.78, 5) is -0.431. The van der Waals surface area contributed by atoms with E-state index in [9.17, 15) is 25.3 Å². The topological polar surface area (TPSA) is 114 Å². The Bertz CT molecular complexity index is 1190. The lowest BCUT2D eigenvalue weighted by molar-refractivity contribution is 0.582. The predicted molar refractivity (Wildman–Crippen MR) is 106 cm³/mol. The molecule has 3 rings (SSSR count). The Labute approximate surface area is 166 Å². The van der Waals surface area contributed by atoms with Crippen LogP contribution >= 0.6 is 15.9 Å². The molecule has 2 aromatic rings. The molecule has 1 N–H and O–H groups in total. The Morgan fingerprint density at radius 2 is 1.63 bits per heavy atom. The van der Waals surface area contributed by atoms with Crippen LogP contribution < -0.4 is 4.72 Å². The molecule has 1 aliphatic heterocycles. The van der Waals surface area contributed by atoms with Gasteiger partial charge in [-0.15, -0.1) is 0 Å². The lowest BCUT2D eigenvalue weighted by Gasteiger charge is -2.13. The van der Waals surface area contributed by atoms with E-state index in [4.69, 9.17) is 0 Å². The Morgan fingerprint density at radius 1 is 0.963 bits per heavy atom. The third kappa shape index (κ3) is 4.36. The van der Waals surface area contributed by atoms with E-state index in [1.54, 1.807) is 24.3 Å². The zero-order valence-corrected chi connectivity index (χ0v) is 17.9. The molecule has 0 aliphatic carbocycles. The van der Waals surface area contributed by atoms with Crippen LogP contribution in [0.5, 0.6) is 0 Å². The summed E-state index contributed by atoms with van der Waals surface area (Å²) in [6, 6.07) is 11.5. The molecule has 1 fully saturated rings. The number of hydrogen-bond donors (Lipinski definition) is 1. The standard InChI is InChI=1S/C16H16BrNO6S3/c17-15-6-1-2-7-16(15)18-27(23,24)13-5-3-4-12(10-13)26(21,22)14-8-9-25(19,20)11-14/h1-7,10,14,18H,8-9,11H2/t14-/m0/s1. The minimum atomic E-state index is -4.03. The number of sulfonamides is 1. The normalized spacial score (nSPS) is 19.7. The zero-order valence-electron chi connectivity index (χ0n) is 13.9. The first-order valence-corrected chi connectivity index (χ1v) is 13.5. The molecule has 7 nitrogen and oxygen atoms in total. The first kappa shape index (κ1) is 20.3. The second-order valence-corrected chi connectivity index (χ2v) is 13.1. The Hall–Kier alpha value is -1.43. The molecular formula is C16H16BrNO6S3. The van der Waals surface area contributed by atoms with Crippen LogP contribution in [0.4, 0.5) is 5.69 Å². The van der Waals surface area contributed by atoms with E-state index in [0.29, 0.717) is 10.2 Å². The molecule has 1 saturated heterocycles. The lowest BCUT2D eigenvalue weighted by atomic mass is 10.3. The van der Waals surface area contributed by atoms with Crippen molar-refractivity contribution >= 4 is 51.3 Å². The van der Waals surface area contributed by atoms with Crippen molar-refractivity contribution in [3.63, 3.8) is 0 Å². The van der Waals surface area contributed by atoms with Gasteiger partial charge in [-0.2, -0.15) is 0 Å². The summed E-state index contributed by atoms with van der Waals surface area (Å²) in [6.45, 7) is 0. The molecular weight excluding hydrogens is 478 g/mol. The molecule has 0 radical (unpaired) electrons. The smallest absolute Gasteiger partial charge is 0.261 e. The van der Waals surface area contributed by atoms with Gasteiger partial charge in [0.1, 0.15) is 0 Å². The quantitative estimate of drug-likeness (QED) is 0.682.